The first-order valence-electron chi connectivity index (χ1n) is 6.53. The first-order chi connectivity index (χ1) is 9.92. The maximum Gasteiger partial charge on any atom is 0.334 e. The van der Waals surface area contributed by atoms with Gasteiger partial charge in [0.1, 0.15) is 6.04 Å². The van der Waals surface area contributed by atoms with E-state index in [-0.39, 0.29) is 19.4 Å². The summed E-state index contributed by atoms with van der Waals surface area (Å²) in [5.41, 5.74) is 0.511. The second-order valence-corrected chi connectivity index (χ2v) is 6.08. The Bertz CT molecular complexity index is 424. The highest BCUT2D eigenvalue weighted by Gasteiger charge is 2.26. The number of amides is 1. The van der Waals surface area contributed by atoms with Crippen LogP contribution in [0.3, 0.4) is 0 Å². The van der Waals surface area contributed by atoms with E-state index in [9.17, 15) is 14.2 Å². The number of hydrogen-bond acceptors (Lipinski definition) is 5. The molecule has 0 aromatic carbocycles. The Morgan fingerprint density at radius 3 is 2.33 bits per heavy atom. The Balaban J connectivity index is 5.26. The molecule has 1 amide bonds. The van der Waals surface area contributed by atoms with E-state index in [4.69, 9.17) is 14.2 Å². The minimum absolute atomic E-state index is 0.0506. The van der Waals surface area contributed by atoms with Crippen molar-refractivity contribution in [2.45, 2.75) is 26.3 Å². The summed E-state index contributed by atoms with van der Waals surface area (Å²) in [6.45, 7) is 7.38. The largest absolute Gasteiger partial charge is 0.479 e. The fraction of sp³-hybridized carbons (Fsp3) is 0.538. The molecule has 0 aliphatic heterocycles. The Morgan fingerprint density at radius 2 is 1.95 bits per heavy atom. The van der Waals surface area contributed by atoms with Crippen LogP contribution in [0.25, 0.3) is 0 Å². The fourth-order valence-corrected chi connectivity index (χ4v) is 3.42. The van der Waals surface area contributed by atoms with Crippen molar-refractivity contribution in [1.82, 2.24) is 5.32 Å². The highest BCUT2D eigenvalue weighted by molar-refractivity contribution is 7.54. The van der Waals surface area contributed by atoms with Crippen LogP contribution in [-0.4, -0.2) is 42.9 Å². The van der Waals surface area contributed by atoms with Crippen molar-refractivity contribution >= 4 is 20.0 Å². The summed E-state index contributed by atoms with van der Waals surface area (Å²) >= 11 is 0. The Hall–Kier alpha value is -1.43. The summed E-state index contributed by atoms with van der Waals surface area (Å²) in [6, 6.07) is -1.20. The molecule has 21 heavy (non-hydrogen) atoms. The van der Waals surface area contributed by atoms with Crippen LogP contribution in [0.5, 0.6) is 0 Å². The normalized spacial score (nSPS) is 13.5. The van der Waals surface area contributed by atoms with E-state index in [1.54, 1.807) is 19.9 Å². The molecule has 2 N–H and O–H groups in total. The van der Waals surface area contributed by atoms with Crippen molar-refractivity contribution in [3.8, 4) is 0 Å². The monoisotopic (exact) mass is 319 g/mol. The molecular formula is C13H22NO6P. The molecule has 120 valence electrons. The minimum atomic E-state index is -3.34. The molecule has 0 bridgehead atoms. The van der Waals surface area contributed by atoms with Crippen LogP contribution in [0.15, 0.2) is 24.3 Å². The van der Waals surface area contributed by atoms with E-state index in [1.165, 1.54) is 6.08 Å². The molecule has 0 aliphatic carbocycles. The summed E-state index contributed by atoms with van der Waals surface area (Å²) in [5.74, 6) is -1.22. The predicted octanol–water partition coefficient (Wildman–Crippen LogP) is 1.95. The average molecular weight is 319 g/mol. The lowest BCUT2D eigenvalue weighted by atomic mass is 10.1. The van der Waals surface area contributed by atoms with Crippen LogP contribution in [0.2, 0.25) is 0 Å². The number of hydrogen-bond donors (Lipinski definition) is 2. The van der Waals surface area contributed by atoms with E-state index < -0.39 is 19.6 Å². The summed E-state index contributed by atoms with van der Waals surface area (Å²) in [7, 11) is -3.34. The van der Waals surface area contributed by atoms with Gasteiger partial charge in [0.2, 0.25) is 6.41 Å². The van der Waals surface area contributed by atoms with E-state index in [0.717, 1.165) is 0 Å². The first kappa shape index (κ1) is 19.6. The van der Waals surface area contributed by atoms with E-state index in [0.29, 0.717) is 18.4 Å². The lowest BCUT2D eigenvalue weighted by molar-refractivity contribution is -0.139. The molecule has 0 fully saturated rings. The molecule has 0 aromatic rings. The third kappa shape index (κ3) is 7.80. The Labute approximate surface area is 124 Å². The molecule has 0 aromatic heterocycles. The lowest BCUT2D eigenvalue weighted by Crippen LogP contribution is -2.34. The number of carbonyl (C=O) groups is 2. The lowest BCUT2D eigenvalue weighted by Gasteiger charge is -2.19. The molecule has 7 nitrogen and oxygen atoms in total. The highest BCUT2D eigenvalue weighted by atomic mass is 31.2. The number of rotatable bonds is 12. The van der Waals surface area contributed by atoms with Crippen LogP contribution in [-0.2, 0) is 23.2 Å². The average Bonchev–Trinajstić information content (AvgIpc) is 2.38. The number of nitrogens with one attached hydrogen (secondary N) is 1. The van der Waals surface area contributed by atoms with Gasteiger partial charge in [-0.1, -0.05) is 17.7 Å². The molecule has 0 aliphatic rings. The molecule has 1 unspecified atom stereocenters. The number of allylic oxidation sites excluding steroid dienone is 2. The van der Waals surface area contributed by atoms with Crippen molar-refractivity contribution in [2.75, 3.05) is 19.4 Å². The third-order valence-corrected chi connectivity index (χ3v) is 4.47. The van der Waals surface area contributed by atoms with E-state index in [2.05, 4.69) is 11.9 Å². The van der Waals surface area contributed by atoms with Gasteiger partial charge in [0.15, 0.2) is 0 Å². The maximum atomic E-state index is 12.5. The van der Waals surface area contributed by atoms with Gasteiger partial charge in [-0.05, 0) is 20.3 Å². The van der Waals surface area contributed by atoms with Crippen molar-refractivity contribution < 1.29 is 28.3 Å². The van der Waals surface area contributed by atoms with E-state index >= 15 is 0 Å². The zero-order valence-electron chi connectivity index (χ0n) is 12.3. The minimum Gasteiger partial charge on any atom is -0.479 e. The number of carbonyl (C=O) groups excluding carboxylic acids is 1. The van der Waals surface area contributed by atoms with Crippen molar-refractivity contribution in [3.63, 3.8) is 0 Å². The molecule has 0 spiro atoms. The summed E-state index contributed by atoms with van der Waals surface area (Å²) in [6.07, 6.45) is 3.43. The Kier molecular flexibility index (Phi) is 9.62. The standard InChI is InChI=1S/C13H22NO6P/c1-4-7-11(8-12(13(16)17)14-10-15)9-21(18,19-5-2)20-6-3/h4,8,10,12H,1,5-7,9H2,2-3H3,(H,14,15)(H,16,17)/b11-8+. The molecule has 0 heterocycles. The molecular weight excluding hydrogens is 297 g/mol. The first-order valence-corrected chi connectivity index (χ1v) is 8.26. The van der Waals surface area contributed by atoms with Gasteiger partial charge in [-0.2, -0.15) is 0 Å². The van der Waals surface area contributed by atoms with Crippen molar-refractivity contribution in [2.24, 2.45) is 0 Å². The van der Waals surface area contributed by atoms with Crippen molar-refractivity contribution in [3.05, 3.63) is 24.3 Å². The second-order valence-electron chi connectivity index (χ2n) is 4.02. The van der Waals surface area contributed by atoms with Gasteiger partial charge < -0.3 is 19.5 Å². The van der Waals surface area contributed by atoms with Gasteiger partial charge in [-0.3, -0.25) is 9.36 Å². The van der Waals surface area contributed by atoms with E-state index in [1.807, 2.05) is 0 Å². The van der Waals surface area contributed by atoms with Crippen LogP contribution >= 0.6 is 7.60 Å². The summed E-state index contributed by atoms with van der Waals surface area (Å²) in [5, 5.41) is 11.2. The second kappa shape index (κ2) is 10.3. The van der Waals surface area contributed by atoms with Crippen LogP contribution in [0, 0.1) is 0 Å². The third-order valence-electron chi connectivity index (χ3n) is 2.37. The zero-order chi connectivity index (χ0) is 16.3. The summed E-state index contributed by atoms with van der Waals surface area (Å²) in [4.78, 5) is 21.4. The van der Waals surface area contributed by atoms with Gasteiger partial charge in [-0.15, -0.1) is 6.58 Å². The van der Waals surface area contributed by atoms with Crippen LogP contribution in [0.4, 0.5) is 0 Å². The number of carboxylic acid groups (broad SMARTS) is 1. The van der Waals surface area contributed by atoms with Gasteiger partial charge in [0, 0.05) is 0 Å². The molecule has 0 saturated heterocycles. The summed E-state index contributed by atoms with van der Waals surface area (Å²) < 4.78 is 22.8. The molecule has 1 atom stereocenters. The van der Waals surface area contributed by atoms with Crippen molar-refractivity contribution in [1.29, 1.82) is 0 Å². The quantitative estimate of drug-likeness (QED) is 0.324. The van der Waals surface area contributed by atoms with Gasteiger partial charge >= 0.3 is 13.6 Å². The SMILES string of the molecule is C=CC/C(=C\C(NC=O)C(=O)O)CP(=O)(OCC)OCC. The number of carboxylic acids is 1. The molecule has 0 rings (SSSR count). The molecule has 0 saturated carbocycles. The van der Waals surface area contributed by atoms with Gasteiger partial charge in [0.25, 0.3) is 0 Å². The van der Waals surface area contributed by atoms with Crippen LogP contribution in [0.1, 0.15) is 20.3 Å². The topological polar surface area (TPSA) is 102 Å². The molecule has 8 heteroatoms. The van der Waals surface area contributed by atoms with Gasteiger partial charge in [0.05, 0.1) is 19.4 Å². The highest BCUT2D eigenvalue weighted by Crippen LogP contribution is 2.49. The maximum absolute atomic E-state index is 12.5. The number of aliphatic carboxylic acids is 1. The van der Waals surface area contributed by atoms with Gasteiger partial charge in [-0.25, -0.2) is 4.79 Å². The molecule has 0 radical (unpaired) electrons. The Morgan fingerprint density at radius 1 is 1.38 bits per heavy atom. The zero-order valence-corrected chi connectivity index (χ0v) is 13.2. The smallest absolute Gasteiger partial charge is 0.334 e. The fourth-order valence-electron chi connectivity index (χ4n) is 1.64. The van der Waals surface area contributed by atoms with Crippen LogP contribution < -0.4 is 5.32 Å². The predicted molar refractivity (Wildman–Crippen MR) is 79.2 cm³/mol.